The summed E-state index contributed by atoms with van der Waals surface area (Å²) in [5.74, 6) is 0.187. The maximum Gasteiger partial charge on any atom is 0.294 e. The zero-order chi connectivity index (χ0) is 19.0. The summed E-state index contributed by atoms with van der Waals surface area (Å²) in [4.78, 5) is 14.9. The fourth-order valence-corrected chi connectivity index (χ4v) is 3.08. The zero-order valence-corrected chi connectivity index (χ0v) is 15.0. The number of benzene rings is 2. The quantitative estimate of drug-likeness (QED) is 0.472. The molecule has 5 heteroatoms. The van der Waals surface area contributed by atoms with Gasteiger partial charge in [-0.3, -0.25) is 9.69 Å². The summed E-state index contributed by atoms with van der Waals surface area (Å²) in [5.41, 5.74) is 2.93. The van der Waals surface area contributed by atoms with Crippen molar-refractivity contribution in [2.24, 2.45) is 0 Å². The molecule has 2 heterocycles. The summed E-state index contributed by atoms with van der Waals surface area (Å²) in [7, 11) is 0. The standard InChI is InChI=1S/C22H18FNO3/c1-14-5-8-17(9-6-14)24(13-18-4-3-11-26-18)22(25)21-15(2)19-12-16(23)7-10-20(19)27-21/h3-12H,13H2,1-2H3. The van der Waals surface area contributed by atoms with Crippen LogP contribution in [0.3, 0.4) is 0 Å². The van der Waals surface area contributed by atoms with Gasteiger partial charge in [-0.25, -0.2) is 4.39 Å². The first kappa shape index (κ1) is 17.1. The molecular weight excluding hydrogens is 345 g/mol. The molecule has 0 spiro atoms. The number of halogens is 1. The van der Waals surface area contributed by atoms with Crippen LogP contribution < -0.4 is 4.90 Å². The van der Waals surface area contributed by atoms with Crippen LogP contribution in [0.5, 0.6) is 0 Å². The lowest BCUT2D eigenvalue weighted by Crippen LogP contribution is -2.30. The molecule has 2 aromatic carbocycles. The summed E-state index contributed by atoms with van der Waals surface area (Å²) in [6.07, 6.45) is 1.57. The number of hydrogen-bond acceptors (Lipinski definition) is 3. The van der Waals surface area contributed by atoms with Crippen LogP contribution in [0.15, 0.2) is 69.7 Å². The molecule has 0 saturated carbocycles. The molecule has 2 aromatic heterocycles. The van der Waals surface area contributed by atoms with Crippen molar-refractivity contribution in [3.05, 3.63) is 89.3 Å². The van der Waals surface area contributed by atoms with Crippen LogP contribution in [0.2, 0.25) is 0 Å². The number of anilines is 1. The number of aryl methyl sites for hydroxylation is 2. The van der Waals surface area contributed by atoms with E-state index in [2.05, 4.69) is 0 Å². The number of carbonyl (C=O) groups excluding carboxylic acids is 1. The van der Waals surface area contributed by atoms with E-state index in [-0.39, 0.29) is 24.0 Å². The maximum atomic E-state index is 13.6. The second-order valence-electron chi connectivity index (χ2n) is 6.50. The monoisotopic (exact) mass is 363 g/mol. The fourth-order valence-electron chi connectivity index (χ4n) is 3.08. The minimum Gasteiger partial charge on any atom is -0.467 e. The molecule has 27 heavy (non-hydrogen) atoms. The SMILES string of the molecule is Cc1ccc(N(Cc2ccco2)C(=O)c2oc3ccc(F)cc3c2C)cc1. The lowest BCUT2D eigenvalue weighted by Gasteiger charge is -2.21. The number of hydrogen-bond donors (Lipinski definition) is 0. The summed E-state index contributed by atoms with van der Waals surface area (Å²) in [6.45, 7) is 4.01. The highest BCUT2D eigenvalue weighted by molar-refractivity contribution is 6.07. The lowest BCUT2D eigenvalue weighted by atomic mass is 10.1. The zero-order valence-electron chi connectivity index (χ0n) is 15.0. The van der Waals surface area contributed by atoms with Crippen molar-refractivity contribution in [3.8, 4) is 0 Å². The molecule has 0 radical (unpaired) electrons. The Morgan fingerprint density at radius 2 is 1.85 bits per heavy atom. The molecular formula is C22H18FNO3. The van der Waals surface area contributed by atoms with E-state index < -0.39 is 0 Å². The van der Waals surface area contributed by atoms with Crippen LogP contribution in [-0.4, -0.2) is 5.91 Å². The second kappa shape index (κ2) is 6.76. The summed E-state index contributed by atoms with van der Waals surface area (Å²) < 4.78 is 24.8. The molecule has 0 aliphatic carbocycles. The highest BCUT2D eigenvalue weighted by atomic mass is 19.1. The maximum absolute atomic E-state index is 13.6. The van der Waals surface area contributed by atoms with Crippen molar-refractivity contribution >= 4 is 22.6 Å². The molecule has 0 aliphatic rings. The van der Waals surface area contributed by atoms with Gasteiger partial charge in [0.1, 0.15) is 17.2 Å². The second-order valence-corrected chi connectivity index (χ2v) is 6.50. The van der Waals surface area contributed by atoms with Crippen LogP contribution in [0.4, 0.5) is 10.1 Å². The third-order valence-electron chi connectivity index (χ3n) is 4.58. The van der Waals surface area contributed by atoms with Gasteiger partial charge in [0.2, 0.25) is 0 Å². The van der Waals surface area contributed by atoms with Gasteiger partial charge in [0, 0.05) is 16.6 Å². The summed E-state index contributed by atoms with van der Waals surface area (Å²) >= 11 is 0. The van der Waals surface area contributed by atoms with Gasteiger partial charge in [-0.05, 0) is 56.3 Å². The van der Waals surface area contributed by atoms with Crippen molar-refractivity contribution in [3.63, 3.8) is 0 Å². The molecule has 0 N–H and O–H groups in total. The van der Waals surface area contributed by atoms with Crippen LogP contribution in [0.1, 0.15) is 27.4 Å². The number of rotatable bonds is 4. The van der Waals surface area contributed by atoms with Gasteiger partial charge in [0.05, 0.1) is 12.8 Å². The van der Waals surface area contributed by atoms with E-state index in [1.54, 1.807) is 24.2 Å². The Bertz CT molecular complexity index is 1090. The van der Waals surface area contributed by atoms with E-state index in [1.165, 1.54) is 18.2 Å². The molecule has 0 saturated heterocycles. The molecule has 1 amide bonds. The predicted molar refractivity (Wildman–Crippen MR) is 101 cm³/mol. The Kier molecular flexibility index (Phi) is 4.28. The molecule has 0 unspecified atom stereocenters. The Hall–Kier alpha value is -3.34. The minimum atomic E-state index is -0.364. The van der Waals surface area contributed by atoms with Crippen LogP contribution >= 0.6 is 0 Å². The van der Waals surface area contributed by atoms with E-state index in [0.717, 1.165) is 11.3 Å². The smallest absolute Gasteiger partial charge is 0.294 e. The molecule has 4 nitrogen and oxygen atoms in total. The van der Waals surface area contributed by atoms with Crippen LogP contribution in [-0.2, 0) is 6.54 Å². The average Bonchev–Trinajstić information content (AvgIpc) is 3.28. The van der Waals surface area contributed by atoms with E-state index in [1.807, 2.05) is 37.3 Å². The van der Waals surface area contributed by atoms with Crippen molar-refractivity contribution in [1.29, 1.82) is 0 Å². The minimum absolute atomic E-state index is 0.197. The predicted octanol–water partition coefficient (Wildman–Crippen LogP) is 5.63. The topological polar surface area (TPSA) is 46.6 Å². The van der Waals surface area contributed by atoms with Crippen LogP contribution in [0, 0.1) is 19.7 Å². The van der Waals surface area contributed by atoms with Gasteiger partial charge in [-0.15, -0.1) is 0 Å². The highest BCUT2D eigenvalue weighted by Crippen LogP contribution is 2.29. The number of nitrogens with zero attached hydrogens (tertiary/aromatic N) is 1. The van der Waals surface area contributed by atoms with Crippen molar-refractivity contribution in [2.45, 2.75) is 20.4 Å². The summed E-state index contributed by atoms with van der Waals surface area (Å²) in [5, 5.41) is 0.597. The van der Waals surface area contributed by atoms with E-state index in [9.17, 15) is 9.18 Å². The number of amides is 1. The van der Waals surface area contributed by atoms with Crippen molar-refractivity contribution < 1.29 is 18.0 Å². The number of carbonyl (C=O) groups is 1. The summed E-state index contributed by atoms with van der Waals surface area (Å²) in [6, 6.07) is 15.5. The fraction of sp³-hybridized carbons (Fsp3) is 0.136. The van der Waals surface area contributed by atoms with Crippen molar-refractivity contribution in [1.82, 2.24) is 0 Å². The molecule has 4 rings (SSSR count). The Labute approximate surface area is 155 Å². The molecule has 0 fully saturated rings. The first-order chi connectivity index (χ1) is 13.0. The third-order valence-corrected chi connectivity index (χ3v) is 4.58. The number of furan rings is 2. The number of fused-ring (bicyclic) bond motifs is 1. The molecule has 0 bridgehead atoms. The van der Waals surface area contributed by atoms with Gasteiger partial charge in [-0.2, -0.15) is 0 Å². The Balaban J connectivity index is 1.78. The molecule has 136 valence electrons. The van der Waals surface area contributed by atoms with Crippen molar-refractivity contribution in [2.75, 3.05) is 4.90 Å². The van der Waals surface area contributed by atoms with Gasteiger partial charge in [-0.1, -0.05) is 17.7 Å². The molecule has 0 atom stereocenters. The Morgan fingerprint density at radius 1 is 1.07 bits per heavy atom. The Morgan fingerprint density at radius 3 is 2.56 bits per heavy atom. The van der Waals surface area contributed by atoms with Gasteiger partial charge < -0.3 is 8.83 Å². The van der Waals surface area contributed by atoms with Crippen LogP contribution in [0.25, 0.3) is 11.0 Å². The third kappa shape index (κ3) is 3.24. The highest BCUT2D eigenvalue weighted by Gasteiger charge is 2.25. The van der Waals surface area contributed by atoms with Gasteiger partial charge >= 0.3 is 0 Å². The average molecular weight is 363 g/mol. The first-order valence-electron chi connectivity index (χ1n) is 8.62. The first-order valence-corrected chi connectivity index (χ1v) is 8.62. The molecule has 0 aliphatic heterocycles. The van der Waals surface area contributed by atoms with Gasteiger partial charge in [0.25, 0.3) is 5.91 Å². The van der Waals surface area contributed by atoms with E-state index in [0.29, 0.717) is 22.3 Å². The lowest BCUT2D eigenvalue weighted by molar-refractivity contribution is 0.0958. The molecule has 4 aromatic rings. The largest absolute Gasteiger partial charge is 0.467 e. The van der Waals surface area contributed by atoms with Gasteiger partial charge in [0.15, 0.2) is 5.76 Å². The van der Waals surface area contributed by atoms with E-state index in [4.69, 9.17) is 8.83 Å². The van der Waals surface area contributed by atoms with E-state index >= 15 is 0 Å². The normalized spacial score (nSPS) is 11.1.